The zero-order valence-electron chi connectivity index (χ0n) is 23.5. The lowest BCUT2D eigenvalue weighted by molar-refractivity contribution is 0.302. The van der Waals surface area contributed by atoms with Crippen molar-refractivity contribution in [1.82, 2.24) is 13.9 Å². The summed E-state index contributed by atoms with van der Waals surface area (Å²) in [5.41, 5.74) is 3.90. The number of hydrogen-bond acceptors (Lipinski definition) is 8. The molecule has 1 aliphatic rings. The number of rotatable bonds is 9. The summed E-state index contributed by atoms with van der Waals surface area (Å²) in [4.78, 5) is 6.63. The minimum absolute atomic E-state index is 0.0237. The van der Waals surface area contributed by atoms with E-state index in [4.69, 9.17) is 4.74 Å². The van der Waals surface area contributed by atoms with Crippen molar-refractivity contribution in [3.63, 3.8) is 0 Å². The number of nitriles is 1. The van der Waals surface area contributed by atoms with Crippen LogP contribution in [-0.4, -0.2) is 56.6 Å². The molecule has 0 amide bonds. The molecule has 0 N–H and O–H groups in total. The summed E-state index contributed by atoms with van der Waals surface area (Å²) >= 11 is 0. The number of sulfonamides is 1. The summed E-state index contributed by atoms with van der Waals surface area (Å²) in [7, 11) is -4.01. The van der Waals surface area contributed by atoms with Crippen molar-refractivity contribution in [3.8, 4) is 11.8 Å². The molecule has 1 atom stereocenters. The summed E-state index contributed by atoms with van der Waals surface area (Å²) < 4.78 is 61.2. The van der Waals surface area contributed by atoms with E-state index >= 15 is 0 Å². The Kier molecular flexibility index (Phi) is 8.10. The van der Waals surface area contributed by atoms with Crippen molar-refractivity contribution < 1.29 is 21.6 Å². The van der Waals surface area contributed by atoms with Crippen LogP contribution in [0.4, 0.5) is 5.69 Å². The molecule has 0 radical (unpaired) electrons. The lowest BCUT2D eigenvalue weighted by Crippen LogP contribution is -2.50. The monoisotopic (exact) mass is 605 g/mol. The predicted molar refractivity (Wildman–Crippen MR) is 158 cm³/mol. The van der Waals surface area contributed by atoms with E-state index < -0.39 is 25.9 Å². The summed E-state index contributed by atoms with van der Waals surface area (Å²) in [6.45, 7) is 0.905. The zero-order chi connectivity index (χ0) is 30.1. The molecular formula is C30H31N5O5S2. The normalized spacial score (nSPS) is 15.3. The second-order valence-electron chi connectivity index (χ2n) is 10.3. The fourth-order valence-electron chi connectivity index (χ4n) is 5.19. The number of hydrogen-bond donors (Lipinski definition) is 0. The van der Waals surface area contributed by atoms with Crippen LogP contribution in [0.15, 0.2) is 89.0 Å². The first-order valence-corrected chi connectivity index (χ1v) is 16.5. The molecule has 42 heavy (non-hydrogen) atoms. The highest BCUT2D eigenvalue weighted by atomic mass is 32.2. The van der Waals surface area contributed by atoms with Gasteiger partial charge in [0.1, 0.15) is 5.75 Å². The zero-order valence-corrected chi connectivity index (χ0v) is 25.1. The van der Waals surface area contributed by atoms with Crippen LogP contribution in [0.25, 0.3) is 0 Å². The lowest BCUT2D eigenvalue weighted by Gasteiger charge is -2.41. The Labute approximate surface area is 246 Å². The molecule has 12 heteroatoms. The van der Waals surface area contributed by atoms with Gasteiger partial charge in [0.2, 0.25) is 10.0 Å². The summed E-state index contributed by atoms with van der Waals surface area (Å²) in [5.74, 6) is 0.537. The highest BCUT2D eigenvalue weighted by Crippen LogP contribution is 2.34. The van der Waals surface area contributed by atoms with Gasteiger partial charge in [0.25, 0.3) is 0 Å². The maximum atomic E-state index is 14.3. The average Bonchev–Trinajstić information content (AvgIpc) is 3.38. The summed E-state index contributed by atoms with van der Waals surface area (Å²) in [5, 5.41) is 9.58. The van der Waals surface area contributed by atoms with E-state index in [2.05, 4.69) is 16.0 Å². The van der Waals surface area contributed by atoms with Gasteiger partial charge in [-0.25, -0.2) is 21.8 Å². The molecule has 4 aromatic rings. The third kappa shape index (κ3) is 6.04. The molecule has 10 nitrogen and oxygen atoms in total. The van der Waals surface area contributed by atoms with E-state index in [0.29, 0.717) is 36.4 Å². The van der Waals surface area contributed by atoms with Gasteiger partial charge in [-0.05, 0) is 72.1 Å². The second-order valence-corrected chi connectivity index (χ2v) is 14.2. The van der Waals surface area contributed by atoms with E-state index in [1.165, 1.54) is 35.7 Å². The molecule has 0 saturated heterocycles. The highest BCUT2D eigenvalue weighted by molar-refractivity contribution is 7.90. The predicted octanol–water partition coefficient (Wildman–Crippen LogP) is 3.53. The van der Waals surface area contributed by atoms with Gasteiger partial charge in [0, 0.05) is 44.3 Å². The Morgan fingerprint density at radius 1 is 1.02 bits per heavy atom. The second kappa shape index (κ2) is 11.6. The molecule has 5 rings (SSSR count). The van der Waals surface area contributed by atoms with Gasteiger partial charge in [0.05, 0.1) is 47.1 Å². The molecule has 1 aromatic heterocycles. The smallest absolute Gasteiger partial charge is 0.243 e. The Balaban J connectivity index is 1.58. The van der Waals surface area contributed by atoms with E-state index in [-0.39, 0.29) is 16.3 Å². The maximum absolute atomic E-state index is 14.3. The number of imidazole rings is 1. The largest absolute Gasteiger partial charge is 0.497 e. The van der Waals surface area contributed by atoms with Gasteiger partial charge in [-0.3, -0.25) is 0 Å². The van der Waals surface area contributed by atoms with E-state index in [1.54, 1.807) is 42.9 Å². The highest BCUT2D eigenvalue weighted by Gasteiger charge is 2.36. The molecule has 0 fully saturated rings. The number of aryl methyl sites for hydroxylation is 1. The first-order valence-electron chi connectivity index (χ1n) is 13.2. The maximum Gasteiger partial charge on any atom is 0.243 e. The lowest BCUT2D eigenvalue weighted by atomic mass is 9.95. The van der Waals surface area contributed by atoms with Gasteiger partial charge < -0.3 is 14.2 Å². The minimum atomic E-state index is -4.02. The molecule has 218 valence electrons. The van der Waals surface area contributed by atoms with E-state index in [0.717, 1.165) is 23.2 Å². The summed E-state index contributed by atoms with van der Waals surface area (Å²) in [6.07, 6.45) is 5.02. The van der Waals surface area contributed by atoms with Gasteiger partial charge in [-0.2, -0.15) is 9.57 Å². The van der Waals surface area contributed by atoms with Crippen LogP contribution >= 0.6 is 0 Å². The molecule has 0 bridgehead atoms. The Morgan fingerprint density at radius 2 is 1.71 bits per heavy atom. The van der Waals surface area contributed by atoms with Crippen LogP contribution in [0.5, 0.6) is 5.75 Å². The fourth-order valence-corrected chi connectivity index (χ4v) is 7.42. The van der Waals surface area contributed by atoms with Gasteiger partial charge in [0.15, 0.2) is 9.84 Å². The van der Waals surface area contributed by atoms with Crippen molar-refractivity contribution >= 4 is 25.5 Å². The van der Waals surface area contributed by atoms with Crippen LogP contribution in [0.1, 0.15) is 22.4 Å². The number of fused-ring (bicyclic) bond motifs is 1. The quantitative estimate of drug-likeness (QED) is 0.284. The number of nitrogens with zero attached hydrogens (tertiary/aromatic N) is 5. The Hall–Kier alpha value is -4.18. The standard InChI is InChI=1S/C30H31N5O5S2/c1-33-21-32-17-26(33)20-34-19-25(15-24-14-23(16-31)6-13-30(24)34)35(18-22-4-9-28(10-5-22)41(3,36)37)42(38,39)29-11-7-27(40-2)8-12-29/h4-14,17,21,25H,15,18-20H2,1-3H3. The van der Waals surface area contributed by atoms with Gasteiger partial charge >= 0.3 is 0 Å². The van der Waals surface area contributed by atoms with Crippen molar-refractivity contribution in [2.75, 3.05) is 24.8 Å². The average molecular weight is 606 g/mol. The van der Waals surface area contributed by atoms with E-state index in [1.807, 2.05) is 23.7 Å². The van der Waals surface area contributed by atoms with Crippen LogP contribution < -0.4 is 9.64 Å². The van der Waals surface area contributed by atoms with Gasteiger partial charge in [-0.1, -0.05) is 12.1 Å². The third-order valence-corrected chi connectivity index (χ3v) is 10.5. The van der Waals surface area contributed by atoms with Crippen molar-refractivity contribution in [2.24, 2.45) is 7.05 Å². The molecule has 0 spiro atoms. The van der Waals surface area contributed by atoms with Crippen LogP contribution in [0, 0.1) is 11.3 Å². The van der Waals surface area contributed by atoms with Crippen molar-refractivity contribution in [1.29, 1.82) is 5.26 Å². The molecule has 0 saturated carbocycles. The molecular weight excluding hydrogens is 574 g/mol. The number of sulfone groups is 1. The van der Waals surface area contributed by atoms with Crippen molar-refractivity contribution in [2.45, 2.75) is 35.3 Å². The molecule has 1 unspecified atom stereocenters. The van der Waals surface area contributed by atoms with Gasteiger partial charge in [-0.15, -0.1) is 0 Å². The molecule has 2 heterocycles. The SMILES string of the molecule is COc1ccc(S(=O)(=O)N(Cc2ccc(S(C)(=O)=O)cc2)C2Cc3cc(C#N)ccc3N(Cc3cncn3C)C2)cc1. The number of ether oxygens (including phenoxy) is 1. The van der Waals surface area contributed by atoms with Crippen LogP contribution in [-0.2, 0) is 46.4 Å². The number of benzene rings is 3. The van der Waals surface area contributed by atoms with E-state index in [9.17, 15) is 22.1 Å². The number of aromatic nitrogens is 2. The molecule has 0 aliphatic carbocycles. The first kappa shape index (κ1) is 29.3. The molecule has 1 aliphatic heterocycles. The summed E-state index contributed by atoms with van der Waals surface area (Å²) in [6, 6.07) is 19.7. The Bertz CT molecular complexity index is 1850. The third-order valence-electron chi connectivity index (χ3n) is 7.47. The number of methoxy groups -OCH3 is 1. The van der Waals surface area contributed by atoms with Crippen molar-refractivity contribution in [3.05, 3.63) is 102 Å². The Morgan fingerprint density at radius 3 is 2.31 bits per heavy atom. The molecule has 3 aromatic carbocycles. The minimum Gasteiger partial charge on any atom is -0.497 e. The number of anilines is 1. The van der Waals surface area contributed by atoms with Crippen LogP contribution in [0.2, 0.25) is 0 Å². The first-order chi connectivity index (χ1) is 20.0. The fraction of sp³-hybridized carbons (Fsp3) is 0.267. The van der Waals surface area contributed by atoms with Crippen LogP contribution in [0.3, 0.4) is 0 Å². The topological polar surface area (TPSA) is 126 Å².